The van der Waals surface area contributed by atoms with Gasteiger partial charge in [0.2, 0.25) is 5.88 Å². The van der Waals surface area contributed by atoms with Crippen molar-refractivity contribution in [2.75, 3.05) is 71.2 Å². The quantitative estimate of drug-likeness (QED) is 0.247. The molecule has 0 amide bonds. The summed E-state index contributed by atoms with van der Waals surface area (Å²) in [6, 6.07) is 2.32. The van der Waals surface area contributed by atoms with Crippen molar-refractivity contribution in [1.29, 1.82) is 0 Å². The first-order valence-electron chi connectivity index (χ1n) is 17.6. The maximum atomic E-state index is 17.2. The second-order valence-electron chi connectivity index (χ2n) is 15.5. The molecule has 8 rings (SSSR count). The van der Waals surface area contributed by atoms with E-state index in [0.717, 1.165) is 64.0 Å². The Morgan fingerprint density at radius 1 is 1.12 bits per heavy atom. The molecule has 0 unspecified atom stereocenters. The van der Waals surface area contributed by atoms with E-state index in [1.165, 1.54) is 7.11 Å². The molecule has 0 spiro atoms. The number of anilines is 1. The fourth-order valence-corrected chi connectivity index (χ4v) is 9.01. The van der Waals surface area contributed by atoms with Crippen LogP contribution in [0.1, 0.15) is 51.5 Å². The van der Waals surface area contributed by atoms with E-state index in [0.29, 0.717) is 53.1 Å². The normalized spacial score (nSPS) is 26.9. The Kier molecular flexibility index (Phi) is 8.57. The number of ether oxygens (including phenoxy) is 4. The van der Waals surface area contributed by atoms with Gasteiger partial charge < -0.3 is 29.0 Å². The summed E-state index contributed by atoms with van der Waals surface area (Å²) in [5, 5.41) is 19.5. The van der Waals surface area contributed by atoms with Gasteiger partial charge in [0.25, 0.3) is 0 Å². The van der Waals surface area contributed by atoms with E-state index in [1.54, 1.807) is 13.1 Å². The highest BCUT2D eigenvalue weighted by Crippen LogP contribution is 2.49. The standard InChI is InChI=1S/C36H45ClFN7O5/c1-21-13-23-22(14-39-43-23)25(27(21)37)29-28(38)30-26(32(40-29)47-4)31(45-11-12-48-19-35(3,46)16-45)42-33(41-30)50-20-36-8-5-7-24(36)44(10-6-9-36)15-34(2)17-49-18-34/h13-14,24,46H,5-12,15-20H2,1-4H3,(H,39,43)/t24-,35+,36-/m1/s1. The Morgan fingerprint density at radius 3 is 2.72 bits per heavy atom. The number of β-amino-alcohol motifs (C(OH)–C–C–N with tert-alkyl or cyclic N) is 1. The number of methoxy groups -OCH3 is 1. The lowest BCUT2D eigenvalue weighted by molar-refractivity contribution is -0.130. The Bertz CT molecular complexity index is 1940. The van der Waals surface area contributed by atoms with Crippen molar-refractivity contribution in [3.63, 3.8) is 0 Å². The molecule has 14 heteroatoms. The van der Waals surface area contributed by atoms with E-state index in [1.807, 2.05) is 17.9 Å². The number of hydrogen-bond acceptors (Lipinski definition) is 11. The number of rotatable bonds is 8. The van der Waals surface area contributed by atoms with Crippen LogP contribution < -0.4 is 14.4 Å². The second-order valence-corrected chi connectivity index (χ2v) is 15.8. The van der Waals surface area contributed by atoms with Crippen molar-refractivity contribution in [3.8, 4) is 23.1 Å². The number of likely N-dealkylation sites (tertiary alicyclic amines) is 1. The number of aromatic amines is 1. The molecule has 1 aromatic carbocycles. The molecule has 3 aromatic heterocycles. The van der Waals surface area contributed by atoms with Crippen LogP contribution in [-0.2, 0) is 9.47 Å². The van der Waals surface area contributed by atoms with E-state index >= 15 is 4.39 Å². The average Bonchev–Trinajstić information content (AvgIpc) is 3.68. The lowest BCUT2D eigenvalue weighted by atomic mass is 9.74. The van der Waals surface area contributed by atoms with Gasteiger partial charge in [-0.3, -0.25) is 10.00 Å². The monoisotopic (exact) mass is 709 g/mol. The van der Waals surface area contributed by atoms with Crippen LogP contribution in [0.3, 0.4) is 0 Å². The fourth-order valence-electron chi connectivity index (χ4n) is 8.77. The molecule has 4 aromatic rings. The van der Waals surface area contributed by atoms with Gasteiger partial charge in [0.05, 0.1) is 63.4 Å². The molecule has 2 N–H and O–H groups in total. The maximum absolute atomic E-state index is 17.2. The molecule has 268 valence electrons. The Balaban J connectivity index is 1.24. The van der Waals surface area contributed by atoms with Gasteiger partial charge in [-0.2, -0.15) is 15.1 Å². The van der Waals surface area contributed by atoms with Crippen LogP contribution in [0.2, 0.25) is 5.02 Å². The predicted molar refractivity (Wildman–Crippen MR) is 188 cm³/mol. The van der Waals surface area contributed by atoms with Crippen molar-refractivity contribution in [2.24, 2.45) is 10.8 Å². The molecule has 3 atom stereocenters. The number of nitrogens with one attached hydrogen (secondary N) is 1. The van der Waals surface area contributed by atoms with Gasteiger partial charge in [0.1, 0.15) is 28.0 Å². The van der Waals surface area contributed by atoms with Crippen LogP contribution in [0.25, 0.3) is 33.1 Å². The van der Waals surface area contributed by atoms with Gasteiger partial charge in [-0.1, -0.05) is 24.9 Å². The average molecular weight is 710 g/mol. The largest absolute Gasteiger partial charge is 0.480 e. The van der Waals surface area contributed by atoms with Crippen LogP contribution >= 0.6 is 11.6 Å². The van der Waals surface area contributed by atoms with Crippen LogP contribution in [0, 0.1) is 23.6 Å². The number of benzene rings is 1. The molecule has 50 heavy (non-hydrogen) atoms. The number of aliphatic hydroxyl groups is 1. The zero-order chi connectivity index (χ0) is 34.8. The number of aryl methyl sites for hydroxylation is 1. The molecule has 3 saturated heterocycles. The van der Waals surface area contributed by atoms with E-state index in [4.69, 9.17) is 45.5 Å². The van der Waals surface area contributed by atoms with Gasteiger partial charge in [-0.15, -0.1) is 0 Å². The van der Waals surface area contributed by atoms with Crippen LogP contribution in [0.15, 0.2) is 12.3 Å². The molecular formula is C36H45ClFN7O5. The number of piperidine rings is 1. The minimum Gasteiger partial charge on any atom is -0.480 e. The summed E-state index contributed by atoms with van der Waals surface area (Å²) in [7, 11) is 1.48. The third-order valence-corrected chi connectivity index (χ3v) is 11.6. The lowest BCUT2D eigenvalue weighted by Crippen LogP contribution is -2.57. The van der Waals surface area contributed by atoms with Gasteiger partial charge in [-0.05, 0) is 57.7 Å². The fraction of sp³-hybridized carbons (Fsp3) is 0.611. The number of nitrogens with zero attached hydrogens (tertiary/aromatic N) is 6. The Morgan fingerprint density at radius 2 is 1.94 bits per heavy atom. The van der Waals surface area contributed by atoms with Crippen LogP contribution in [0.5, 0.6) is 11.9 Å². The SMILES string of the molecule is COc1nc(-c2c(Cl)c(C)cc3[nH]ncc23)c(F)c2nc(OC[C@]34CCC[C@H]3N(CC3(C)COC3)CCC4)nc(N3CCOC[C@@](C)(O)C3)c12. The summed E-state index contributed by atoms with van der Waals surface area (Å²) in [6.45, 7) is 11.1. The highest BCUT2D eigenvalue weighted by molar-refractivity contribution is 6.35. The van der Waals surface area contributed by atoms with E-state index < -0.39 is 11.4 Å². The summed E-state index contributed by atoms with van der Waals surface area (Å²) in [6.07, 6.45) is 7.05. The Labute approximate surface area is 295 Å². The van der Waals surface area contributed by atoms with Crippen molar-refractivity contribution < 1.29 is 28.4 Å². The molecule has 4 fully saturated rings. The smallest absolute Gasteiger partial charge is 0.319 e. The van der Waals surface area contributed by atoms with Gasteiger partial charge in [0, 0.05) is 40.9 Å². The Hall–Kier alpha value is -3.36. The topological polar surface area (TPSA) is 131 Å². The third-order valence-electron chi connectivity index (χ3n) is 11.2. The molecular weight excluding hydrogens is 665 g/mol. The maximum Gasteiger partial charge on any atom is 0.319 e. The highest BCUT2D eigenvalue weighted by Gasteiger charge is 2.50. The molecule has 1 saturated carbocycles. The molecule has 4 aliphatic rings. The number of halogens is 2. The van der Waals surface area contributed by atoms with Gasteiger partial charge >= 0.3 is 6.01 Å². The molecule has 0 radical (unpaired) electrons. The first kappa shape index (κ1) is 33.8. The predicted octanol–water partition coefficient (Wildman–Crippen LogP) is 5.32. The minimum atomic E-state index is -1.18. The zero-order valence-electron chi connectivity index (χ0n) is 29.2. The summed E-state index contributed by atoms with van der Waals surface area (Å²) >= 11 is 6.86. The third kappa shape index (κ3) is 5.84. The molecule has 0 bridgehead atoms. The molecule has 1 aliphatic carbocycles. The minimum absolute atomic E-state index is 0.00507. The summed E-state index contributed by atoms with van der Waals surface area (Å²) in [4.78, 5) is 18.9. The molecule has 6 heterocycles. The summed E-state index contributed by atoms with van der Waals surface area (Å²) in [5.74, 6) is -0.195. The van der Waals surface area contributed by atoms with Crippen molar-refractivity contribution in [2.45, 2.75) is 64.5 Å². The van der Waals surface area contributed by atoms with E-state index in [2.05, 4.69) is 22.0 Å². The summed E-state index contributed by atoms with van der Waals surface area (Å²) in [5.41, 5.74) is 0.764. The summed E-state index contributed by atoms with van der Waals surface area (Å²) < 4.78 is 40.9. The molecule has 3 aliphatic heterocycles. The number of H-pyrrole nitrogens is 1. The molecule has 12 nitrogen and oxygen atoms in total. The van der Waals surface area contributed by atoms with Crippen LogP contribution in [-0.4, -0.2) is 113 Å². The van der Waals surface area contributed by atoms with Gasteiger partial charge in [-0.25, -0.2) is 9.37 Å². The first-order chi connectivity index (χ1) is 24.0. The van der Waals surface area contributed by atoms with Crippen molar-refractivity contribution in [1.82, 2.24) is 30.0 Å². The van der Waals surface area contributed by atoms with Crippen LogP contribution in [0.4, 0.5) is 10.2 Å². The van der Waals surface area contributed by atoms with E-state index in [9.17, 15) is 5.11 Å². The van der Waals surface area contributed by atoms with Crippen molar-refractivity contribution >= 4 is 39.2 Å². The first-order valence-corrected chi connectivity index (χ1v) is 18.0. The van der Waals surface area contributed by atoms with E-state index in [-0.39, 0.29) is 52.5 Å². The zero-order valence-corrected chi connectivity index (χ0v) is 29.9. The van der Waals surface area contributed by atoms with Gasteiger partial charge in [0.15, 0.2) is 5.82 Å². The number of pyridine rings is 1. The number of hydrogen-bond donors (Lipinski definition) is 2. The lowest BCUT2D eigenvalue weighted by Gasteiger charge is -2.50. The second kappa shape index (κ2) is 12.7. The highest BCUT2D eigenvalue weighted by atomic mass is 35.5. The number of aromatic nitrogens is 5. The van der Waals surface area contributed by atoms with Crippen molar-refractivity contribution in [3.05, 3.63) is 28.7 Å². The number of fused-ring (bicyclic) bond motifs is 3.